The molecular weight excluding hydrogens is 300 g/mol. The Morgan fingerprint density at radius 2 is 2.28 bits per heavy atom. The highest BCUT2D eigenvalue weighted by Gasteiger charge is 2.28. The summed E-state index contributed by atoms with van der Waals surface area (Å²) in [5.74, 6) is -0.891. The lowest BCUT2D eigenvalue weighted by molar-refractivity contribution is -0.138. The average molecular weight is 313 g/mol. The van der Waals surface area contributed by atoms with Crippen molar-refractivity contribution >= 4 is 27.8 Å². The Bertz CT molecular complexity index is 478. The van der Waals surface area contributed by atoms with E-state index in [-0.39, 0.29) is 18.2 Å². The van der Waals surface area contributed by atoms with Crippen LogP contribution in [-0.4, -0.2) is 40.0 Å². The molecule has 1 aromatic rings. The monoisotopic (exact) mass is 312 g/mol. The molecular formula is C12H13BrN2O3. The van der Waals surface area contributed by atoms with Gasteiger partial charge in [-0.05, 0) is 40.4 Å². The lowest BCUT2D eigenvalue weighted by Crippen LogP contribution is -2.29. The SMILES string of the molecule is O=C(O)CC1CCN(C(=O)c2cccc(Br)n2)C1. The van der Waals surface area contributed by atoms with E-state index in [1.54, 1.807) is 23.1 Å². The molecule has 1 unspecified atom stereocenters. The molecule has 6 heteroatoms. The molecule has 0 aliphatic carbocycles. The minimum Gasteiger partial charge on any atom is -0.481 e. The first-order valence-corrected chi connectivity index (χ1v) is 6.49. The van der Waals surface area contributed by atoms with Gasteiger partial charge in [-0.15, -0.1) is 0 Å². The second-order valence-electron chi connectivity index (χ2n) is 4.35. The minimum absolute atomic E-state index is 0.0543. The number of aliphatic carboxylic acids is 1. The first-order valence-electron chi connectivity index (χ1n) is 5.70. The smallest absolute Gasteiger partial charge is 0.303 e. The Morgan fingerprint density at radius 1 is 1.50 bits per heavy atom. The number of hydrogen-bond donors (Lipinski definition) is 1. The van der Waals surface area contributed by atoms with Gasteiger partial charge < -0.3 is 10.0 Å². The molecule has 18 heavy (non-hydrogen) atoms. The highest BCUT2D eigenvalue weighted by atomic mass is 79.9. The van der Waals surface area contributed by atoms with Crippen LogP contribution in [0.15, 0.2) is 22.8 Å². The van der Waals surface area contributed by atoms with Crippen LogP contribution in [0.3, 0.4) is 0 Å². The molecule has 2 rings (SSSR count). The lowest BCUT2D eigenvalue weighted by atomic mass is 10.1. The first-order chi connectivity index (χ1) is 8.56. The number of aromatic nitrogens is 1. The van der Waals surface area contributed by atoms with Gasteiger partial charge in [-0.2, -0.15) is 0 Å². The summed E-state index contributed by atoms with van der Waals surface area (Å²) < 4.78 is 0.620. The van der Waals surface area contributed by atoms with Crippen LogP contribution in [0.25, 0.3) is 0 Å². The number of carboxylic acid groups (broad SMARTS) is 1. The lowest BCUT2D eigenvalue weighted by Gasteiger charge is -2.15. The maximum Gasteiger partial charge on any atom is 0.303 e. The van der Waals surface area contributed by atoms with Crippen LogP contribution >= 0.6 is 15.9 Å². The third kappa shape index (κ3) is 3.07. The maximum atomic E-state index is 12.1. The van der Waals surface area contributed by atoms with Crippen molar-refractivity contribution in [1.82, 2.24) is 9.88 Å². The topological polar surface area (TPSA) is 70.5 Å². The summed E-state index contributed by atoms with van der Waals surface area (Å²) in [5, 5.41) is 8.73. The molecule has 1 aromatic heterocycles. The molecule has 2 heterocycles. The third-order valence-electron chi connectivity index (χ3n) is 2.97. The number of nitrogens with zero attached hydrogens (tertiary/aromatic N) is 2. The molecule has 1 N–H and O–H groups in total. The number of carboxylic acids is 1. The van der Waals surface area contributed by atoms with Crippen LogP contribution in [0.4, 0.5) is 0 Å². The Labute approximate surface area is 113 Å². The second-order valence-corrected chi connectivity index (χ2v) is 5.16. The van der Waals surface area contributed by atoms with Gasteiger partial charge >= 0.3 is 5.97 Å². The van der Waals surface area contributed by atoms with E-state index in [4.69, 9.17) is 5.11 Å². The van der Waals surface area contributed by atoms with Crippen molar-refractivity contribution in [3.8, 4) is 0 Å². The molecule has 1 saturated heterocycles. The summed E-state index contributed by atoms with van der Waals surface area (Å²) in [7, 11) is 0. The Morgan fingerprint density at radius 3 is 2.94 bits per heavy atom. The van der Waals surface area contributed by atoms with Crippen molar-refractivity contribution in [2.75, 3.05) is 13.1 Å². The standard InChI is InChI=1S/C12H13BrN2O3/c13-10-3-1-2-9(14-10)12(18)15-5-4-8(7-15)6-11(16)17/h1-3,8H,4-7H2,(H,16,17). The van der Waals surface area contributed by atoms with Gasteiger partial charge in [0.15, 0.2) is 0 Å². The van der Waals surface area contributed by atoms with E-state index in [2.05, 4.69) is 20.9 Å². The number of halogens is 1. The Kier molecular flexibility index (Phi) is 3.96. The number of likely N-dealkylation sites (tertiary alicyclic amines) is 1. The number of pyridine rings is 1. The summed E-state index contributed by atoms with van der Waals surface area (Å²) in [6.07, 6.45) is 0.863. The van der Waals surface area contributed by atoms with Crippen molar-refractivity contribution in [3.05, 3.63) is 28.5 Å². The number of rotatable bonds is 3. The zero-order valence-electron chi connectivity index (χ0n) is 9.67. The molecule has 1 atom stereocenters. The number of carbonyl (C=O) groups excluding carboxylic acids is 1. The van der Waals surface area contributed by atoms with Crippen LogP contribution in [-0.2, 0) is 4.79 Å². The van der Waals surface area contributed by atoms with Gasteiger partial charge in [-0.3, -0.25) is 9.59 Å². The van der Waals surface area contributed by atoms with Crippen LogP contribution < -0.4 is 0 Å². The van der Waals surface area contributed by atoms with Gasteiger partial charge in [0.25, 0.3) is 5.91 Å². The molecule has 0 radical (unpaired) electrons. The maximum absolute atomic E-state index is 12.1. The second kappa shape index (κ2) is 5.48. The fraction of sp³-hybridized carbons (Fsp3) is 0.417. The molecule has 0 bridgehead atoms. The molecule has 1 aliphatic heterocycles. The van der Waals surface area contributed by atoms with E-state index in [0.29, 0.717) is 23.4 Å². The van der Waals surface area contributed by atoms with Gasteiger partial charge in [0.2, 0.25) is 0 Å². The predicted octanol–water partition coefficient (Wildman–Crippen LogP) is 1.78. The molecule has 96 valence electrons. The van der Waals surface area contributed by atoms with E-state index in [0.717, 1.165) is 6.42 Å². The van der Waals surface area contributed by atoms with E-state index in [1.807, 2.05) is 0 Å². The Hall–Kier alpha value is -1.43. The number of carbonyl (C=O) groups is 2. The van der Waals surface area contributed by atoms with Gasteiger partial charge in [0, 0.05) is 19.5 Å². The zero-order valence-corrected chi connectivity index (χ0v) is 11.3. The molecule has 0 spiro atoms. The zero-order chi connectivity index (χ0) is 13.1. The van der Waals surface area contributed by atoms with Gasteiger partial charge in [0.1, 0.15) is 10.3 Å². The largest absolute Gasteiger partial charge is 0.481 e. The highest BCUT2D eigenvalue weighted by Crippen LogP contribution is 2.21. The molecule has 0 saturated carbocycles. The van der Waals surface area contributed by atoms with Crippen LogP contribution in [0.1, 0.15) is 23.3 Å². The molecule has 1 aliphatic rings. The van der Waals surface area contributed by atoms with Crippen molar-refractivity contribution in [2.24, 2.45) is 5.92 Å². The van der Waals surface area contributed by atoms with Crippen molar-refractivity contribution in [3.63, 3.8) is 0 Å². The quantitative estimate of drug-likeness (QED) is 0.864. The summed E-state index contributed by atoms with van der Waals surface area (Å²) in [6, 6.07) is 5.18. The van der Waals surface area contributed by atoms with Crippen LogP contribution in [0.2, 0.25) is 0 Å². The fourth-order valence-electron chi connectivity index (χ4n) is 2.12. The van der Waals surface area contributed by atoms with Crippen molar-refractivity contribution in [2.45, 2.75) is 12.8 Å². The Balaban J connectivity index is 2.01. The molecule has 1 amide bonds. The normalized spacial score (nSPS) is 18.9. The van der Waals surface area contributed by atoms with Gasteiger partial charge in [-0.25, -0.2) is 4.98 Å². The van der Waals surface area contributed by atoms with Crippen LogP contribution in [0, 0.1) is 5.92 Å². The summed E-state index contributed by atoms with van der Waals surface area (Å²) in [6.45, 7) is 1.10. The van der Waals surface area contributed by atoms with E-state index >= 15 is 0 Å². The molecule has 1 fully saturated rings. The number of hydrogen-bond acceptors (Lipinski definition) is 3. The van der Waals surface area contributed by atoms with Crippen LogP contribution in [0.5, 0.6) is 0 Å². The number of amides is 1. The highest BCUT2D eigenvalue weighted by molar-refractivity contribution is 9.10. The first kappa shape index (κ1) is 13.0. The predicted molar refractivity (Wildman–Crippen MR) is 68.2 cm³/mol. The average Bonchev–Trinajstić information content (AvgIpc) is 2.75. The van der Waals surface area contributed by atoms with Crippen molar-refractivity contribution in [1.29, 1.82) is 0 Å². The minimum atomic E-state index is -0.810. The summed E-state index contributed by atoms with van der Waals surface area (Å²) in [4.78, 5) is 28.5. The van der Waals surface area contributed by atoms with E-state index in [9.17, 15) is 9.59 Å². The third-order valence-corrected chi connectivity index (χ3v) is 3.41. The van der Waals surface area contributed by atoms with E-state index in [1.165, 1.54) is 0 Å². The molecule has 5 nitrogen and oxygen atoms in total. The van der Waals surface area contributed by atoms with Crippen molar-refractivity contribution < 1.29 is 14.7 Å². The summed E-state index contributed by atoms with van der Waals surface area (Å²) in [5.41, 5.74) is 0.389. The summed E-state index contributed by atoms with van der Waals surface area (Å²) >= 11 is 3.22. The molecule has 0 aromatic carbocycles. The fourth-order valence-corrected chi connectivity index (χ4v) is 2.46. The van der Waals surface area contributed by atoms with E-state index < -0.39 is 5.97 Å². The van der Waals surface area contributed by atoms with Gasteiger partial charge in [0.05, 0.1) is 0 Å². The van der Waals surface area contributed by atoms with Gasteiger partial charge in [-0.1, -0.05) is 6.07 Å².